The van der Waals surface area contributed by atoms with Crippen LogP contribution in [-0.4, -0.2) is 25.7 Å². The molecular weight excluding hydrogens is 202 g/mol. The van der Waals surface area contributed by atoms with Gasteiger partial charge in [-0.2, -0.15) is 0 Å². The Kier molecular flexibility index (Phi) is 5.53. The highest BCUT2D eigenvalue weighted by atomic mass is 16.5. The summed E-state index contributed by atoms with van der Waals surface area (Å²) in [6.07, 6.45) is 6.52. The minimum absolute atomic E-state index is 0.138. The molecule has 0 aliphatic heterocycles. The first-order chi connectivity index (χ1) is 7.69. The molecule has 0 spiro atoms. The molecule has 1 fully saturated rings. The number of esters is 1. The molecule has 0 radical (unpaired) electrons. The van der Waals surface area contributed by atoms with Crippen molar-refractivity contribution in [1.29, 1.82) is 0 Å². The highest BCUT2D eigenvalue weighted by Crippen LogP contribution is 2.31. The summed E-state index contributed by atoms with van der Waals surface area (Å²) in [7, 11) is 1.46. The molecule has 92 valence electrons. The van der Waals surface area contributed by atoms with Crippen LogP contribution in [0.25, 0.3) is 0 Å². The van der Waals surface area contributed by atoms with Crippen LogP contribution >= 0.6 is 0 Å². The van der Waals surface area contributed by atoms with Gasteiger partial charge in [-0.3, -0.25) is 4.79 Å². The van der Waals surface area contributed by atoms with Crippen LogP contribution in [0.15, 0.2) is 12.7 Å². The van der Waals surface area contributed by atoms with E-state index >= 15 is 0 Å². The Labute approximate surface area is 98.2 Å². The molecule has 1 aliphatic carbocycles. The third-order valence-electron chi connectivity index (χ3n) is 3.39. The number of carbonyl (C=O) groups excluding carboxylic acids is 1. The molecule has 0 amide bonds. The highest BCUT2D eigenvalue weighted by molar-refractivity contribution is 5.76. The van der Waals surface area contributed by atoms with Crippen molar-refractivity contribution in [2.45, 2.75) is 38.6 Å². The van der Waals surface area contributed by atoms with E-state index in [2.05, 4.69) is 18.8 Å². The molecule has 3 heteroatoms. The predicted molar refractivity (Wildman–Crippen MR) is 65.1 cm³/mol. The van der Waals surface area contributed by atoms with E-state index in [4.69, 9.17) is 4.74 Å². The third kappa shape index (κ3) is 3.63. The van der Waals surface area contributed by atoms with Crippen LogP contribution < -0.4 is 5.32 Å². The van der Waals surface area contributed by atoms with Gasteiger partial charge in [-0.15, -0.1) is 6.58 Å². The summed E-state index contributed by atoms with van der Waals surface area (Å²) in [6, 6.07) is -0.161. The molecule has 0 aromatic rings. The number of hydrogen-bond donors (Lipinski definition) is 1. The highest BCUT2D eigenvalue weighted by Gasteiger charge is 2.31. The number of carbonyl (C=O) groups is 1. The van der Waals surface area contributed by atoms with Gasteiger partial charge in [0.15, 0.2) is 0 Å². The lowest BCUT2D eigenvalue weighted by molar-refractivity contribution is -0.145. The molecule has 1 aliphatic rings. The Morgan fingerprint density at radius 3 is 2.94 bits per heavy atom. The third-order valence-corrected chi connectivity index (χ3v) is 3.39. The van der Waals surface area contributed by atoms with Gasteiger partial charge in [-0.05, 0) is 24.7 Å². The van der Waals surface area contributed by atoms with Gasteiger partial charge in [0.25, 0.3) is 0 Å². The Morgan fingerprint density at radius 1 is 1.62 bits per heavy atom. The molecule has 3 unspecified atom stereocenters. The second kappa shape index (κ2) is 6.69. The van der Waals surface area contributed by atoms with Crippen molar-refractivity contribution in [3.8, 4) is 0 Å². The van der Waals surface area contributed by atoms with Gasteiger partial charge in [0.05, 0.1) is 7.11 Å². The summed E-state index contributed by atoms with van der Waals surface area (Å²) in [5.41, 5.74) is 0. The second-order valence-corrected chi connectivity index (χ2v) is 4.73. The summed E-state index contributed by atoms with van der Waals surface area (Å²) >= 11 is 0. The van der Waals surface area contributed by atoms with Gasteiger partial charge in [-0.1, -0.05) is 25.8 Å². The maximum Gasteiger partial charge on any atom is 0.323 e. The summed E-state index contributed by atoms with van der Waals surface area (Å²) in [5, 5.41) is 3.22. The normalized spacial score (nSPS) is 27.1. The largest absolute Gasteiger partial charge is 0.468 e. The average molecular weight is 225 g/mol. The molecule has 0 saturated heterocycles. The molecule has 0 heterocycles. The number of ether oxygens (including phenoxy) is 1. The van der Waals surface area contributed by atoms with E-state index in [0.29, 0.717) is 12.5 Å². The van der Waals surface area contributed by atoms with E-state index in [1.54, 1.807) is 6.08 Å². The van der Waals surface area contributed by atoms with Gasteiger partial charge in [0.2, 0.25) is 0 Å². The first-order valence-corrected chi connectivity index (χ1v) is 6.11. The lowest BCUT2D eigenvalue weighted by Gasteiger charge is -2.32. The maximum atomic E-state index is 11.7. The molecule has 3 nitrogen and oxygen atoms in total. The first kappa shape index (κ1) is 13.2. The number of rotatable bonds is 5. The zero-order valence-corrected chi connectivity index (χ0v) is 10.4. The topological polar surface area (TPSA) is 38.3 Å². The van der Waals surface area contributed by atoms with Crippen LogP contribution in [-0.2, 0) is 9.53 Å². The van der Waals surface area contributed by atoms with Gasteiger partial charge in [0.1, 0.15) is 6.04 Å². The molecule has 3 atom stereocenters. The number of hydrogen-bond acceptors (Lipinski definition) is 3. The van der Waals surface area contributed by atoms with Gasteiger partial charge >= 0.3 is 5.97 Å². The summed E-state index contributed by atoms with van der Waals surface area (Å²) in [5.74, 6) is 0.994. The monoisotopic (exact) mass is 225 g/mol. The Morgan fingerprint density at radius 2 is 2.38 bits per heavy atom. The lowest BCUT2D eigenvalue weighted by atomic mass is 9.78. The van der Waals surface area contributed by atoms with Crippen molar-refractivity contribution in [3.63, 3.8) is 0 Å². The zero-order valence-electron chi connectivity index (χ0n) is 10.4. The smallest absolute Gasteiger partial charge is 0.323 e. The van der Waals surface area contributed by atoms with Gasteiger partial charge in [0, 0.05) is 6.54 Å². The SMILES string of the molecule is C=CCNC(C(=O)OC)C1CCCC(C)C1. The Balaban J connectivity index is 2.58. The lowest BCUT2D eigenvalue weighted by Crippen LogP contribution is -2.45. The molecule has 16 heavy (non-hydrogen) atoms. The van der Waals surface area contributed by atoms with Crippen LogP contribution in [0.4, 0.5) is 0 Å². The number of nitrogens with one attached hydrogen (secondary N) is 1. The fourth-order valence-corrected chi connectivity index (χ4v) is 2.56. The van der Waals surface area contributed by atoms with Gasteiger partial charge < -0.3 is 10.1 Å². The van der Waals surface area contributed by atoms with Gasteiger partial charge in [-0.25, -0.2) is 0 Å². The molecule has 1 saturated carbocycles. The minimum atomic E-state index is -0.161. The van der Waals surface area contributed by atoms with E-state index in [1.165, 1.54) is 20.0 Å². The standard InChI is InChI=1S/C13H23NO2/c1-4-8-14-12(13(15)16-3)11-7-5-6-10(2)9-11/h4,10-12,14H,1,5-9H2,2-3H3. The minimum Gasteiger partial charge on any atom is -0.468 e. The van der Waals surface area contributed by atoms with Crippen LogP contribution in [0.5, 0.6) is 0 Å². The van der Waals surface area contributed by atoms with Crippen molar-refractivity contribution in [2.24, 2.45) is 11.8 Å². The van der Waals surface area contributed by atoms with Crippen molar-refractivity contribution in [3.05, 3.63) is 12.7 Å². The molecular formula is C13H23NO2. The van der Waals surface area contributed by atoms with Crippen LogP contribution in [0, 0.1) is 11.8 Å². The van der Waals surface area contributed by atoms with Crippen molar-refractivity contribution >= 4 is 5.97 Å². The average Bonchev–Trinajstić information content (AvgIpc) is 2.29. The quantitative estimate of drug-likeness (QED) is 0.575. The fraction of sp³-hybridized carbons (Fsp3) is 0.769. The summed E-state index contributed by atoms with van der Waals surface area (Å²) in [4.78, 5) is 11.7. The zero-order chi connectivity index (χ0) is 12.0. The summed E-state index contributed by atoms with van der Waals surface area (Å²) < 4.78 is 4.86. The second-order valence-electron chi connectivity index (χ2n) is 4.73. The van der Waals surface area contributed by atoms with E-state index in [0.717, 1.165) is 18.8 Å². The van der Waals surface area contributed by atoms with Crippen LogP contribution in [0.1, 0.15) is 32.6 Å². The van der Waals surface area contributed by atoms with Crippen LogP contribution in [0.3, 0.4) is 0 Å². The Hall–Kier alpha value is -0.830. The van der Waals surface area contributed by atoms with E-state index in [1.807, 2.05) is 0 Å². The maximum absolute atomic E-state index is 11.7. The summed E-state index contributed by atoms with van der Waals surface area (Å²) in [6.45, 7) is 6.58. The van der Waals surface area contributed by atoms with Crippen molar-refractivity contribution < 1.29 is 9.53 Å². The van der Waals surface area contributed by atoms with Crippen molar-refractivity contribution in [2.75, 3.05) is 13.7 Å². The molecule has 0 aromatic heterocycles. The molecule has 1 N–H and O–H groups in total. The van der Waals surface area contributed by atoms with E-state index < -0.39 is 0 Å². The fourth-order valence-electron chi connectivity index (χ4n) is 2.56. The first-order valence-electron chi connectivity index (χ1n) is 6.11. The molecule has 1 rings (SSSR count). The van der Waals surface area contributed by atoms with Crippen LogP contribution in [0.2, 0.25) is 0 Å². The van der Waals surface area contributed by atoms with E-state index in [9.17, 15) is 4.79 Å². The van der Waals surface area contributed by atoms with Crippen molar-refractivity contribution in [1.82, 2.24) is 5.32 Å². The van der Waals surface area contributed by atoms with E-state index in [-0.39, 0.29) is 12.0 Å². The number of methoxy groups -OCH3 is 1. The molecule has 0 aromatic carbocycles. The predicted octanol–water partition coefficient (Wildman–Crippen LogP) is 2.13. The molecule has 0 bridgehead atoms. The Bertz CT molecular complexity index is 240.